The Morgan fingerprint density at radius 1 is 1.21 bits per heavy atom. The quantitative estimate of drug-likeness (QED) is 0.350. The highest BCUT2D eigenvalue weighted by molar-refractivity contribution is 5.95. The number of carbonyl (C=O) groups is 1. The minimum atomic E-state index is -0.298. The largest absolute Gasteiger partial charge is 0.490 e. The maximum atomic E-state index is 13.0. The highest BCUT2D eigenvalue weighted by atomic mass is 16.5. The molecule has 1 heterocycles. The van der Waals surface area contributed by atoms with Crippen LogP contribution in [0.1, 0.15) is 68.3 Å². The second kappa shape index (κ2) is 12.7. The van der Waals surface area contributed by atoms with E-state index in [0.717, 1.165) is 22.6 Å². The number of nitrogens with one attached hydrogen (secondary N) is 1. The predicted octanol–water partition coefficient (Wildman–Crippen LogP) is 4.19. The molecule has 3 rings (SSSR count). The van der Waals surface area contributed by atoms with Gasteiger partial charge in [0.15, 0.2) is 0 Å². The van der Waals surface area contributed by atoms with Gasteiger partial charge in [-0.25, -0.2) is 4.98 Å². The number of nitriles is 1. The Hall–Kier alpha value is -3.67. The molecule has 38 heavy (non-hydrogen) atoms. The zero-order chi connectivity index (χ0) is 27.9. The van der Waals surface area contributed by atoms with Crippen molar-refractivity contribution in [2.75, 3.05) is 13.2 Å². The molecule has 0 spiro atoms. The highest BCUT2D eigenvalue weighted by Gasteiger charge is 2.22. The van der Waals surface area contributed by atoms with E-state index in [4.69, 9.17) is 15.5 Å². The average Bonchev–Trinajstić information content (AvgIpc) is 3.29. The number of ether oxygens (including phenoxy) is 1. The lowest BCUT2D eigenvalue weighted by molar-refractivity contribution is 0.0930. The molecule has 0 radical (unpaired) electrons. The first-order valence-electron chi connectivity index (χ1n) is 13.0. The van der Waals surface area contributed by atoms with Gasteiger partial charge in [-0.1, -0.05) is 45.0 Å². The van der Waals surface area contributed by atoms with Crippen LogP contribution >= 0.6 is 0 Å². The molecule has 1 amide bonds. The minimum Gasteiger partial charge on any atom is -0.490 e. The Morgan fingerprint density at radius 2 is 1.92 bits per heavy atom. The molecule has 0 fully saturated rings. The minimum absolute atomic E-state index is 0.0538. The van der Waals surface area contributed by atoms with Crippen LogP contribution in [0.5, 0.6) is 5.75 Å². The molecule has 1 aromatic heterocycles. The molecule has 0 aliphatic rings. The number of aromatic nitrogens is 2. The summed E-state index contributed by atoms with van der Waals surface area (Å²) in [4.78, 5) is 17.9. The Balaban J connectivity index is 1.74. The normalized spacial score (nSPS) is 12.3. The number of aliphatic hydroxyl groups excluding tert-OH is 1. The first-order valence-corrected chi connectivity index (χ1v) is 13.0. The van der Waals surface area contributed by atoms with E-state index < -0.39 is 0 Å². The van der Waals surface area contributed by atoms with Gasteiger partial charge < -0.3 is 25.5 Å². The Bertz CT molecular complexity index is 1270. The van der Waals surface area contributed by atoms with Crippen molar-refractivity contribution in [1.82, 2.24) is 14.9 Å². The topological polar surface area (TPSA) is 126 Å². The smallest absolute Gasteiger partial charge is 0.251 e. The van der Waals surface area contributed by atoms with Gasteiger partial charge in [-0.15, -0.1) is 0 Å². The van der Waals surface area contributed by atoms with Crippen molar-refractivity contribution < 1.29 is 14.6 Å². The van der Waals surface area contributed by atoms with Crippen LogP contribution in [0, 0.1) is 11.3 Å². The second-order valence-electron chi connectivity index (χ2n) is 10.8. The van der Waals surface area contributed by atoms with E-state index in [1.165, 1.54) is 6.07 Å². The molecule has 0 aliphatic carbocycles. The molecule has 0 saturated carbocycles. The van der Waals surface area contributed by atoms with E-state index in [1.54, 1.807) is 12.1 Å². The van der Waals surface area contributed by atoms with Gasteiger partial charge in [0.25, 0.3) is 5.91 Å². The van der Waals surface area contributed by atoms with Crippen molar-refractivity contribution in [2.24, 2.45) is 5.73 Å². The Morgan fingerprint density at radius 3 is 2.50 bits per heavy atom. The Kier molecular flexibility index (Phi) is 9.67. The fourth-order valence-corrected chi connectivity index (χ4v) is 4.32. The molecule has 4 N–H and O–H groups in total. The predicted molar refractivity (Wildman–Crippen MR) is 149 cm³/mol. The van der Waals surface area contributed by atoms with Gasteiger partial charge in [-0.05, 0) is 50.5 Å². The summed E-state index contributed by atoms with van der Waals surface area (Å²) >= 11 is 0. The van der Waals surface area contributed by atoms with Crippen molar-refractivity contribution in [1.29, 1.82) is 5.26 Å². The van der Waals surface area contributed by atoms with Crippen LogP contribution < -0.4 is 15.8 Å². The summed E-state index contributed by atoms with van der Waals surface area (Å²) in [6.45, 7) is 11.4. The van der Waals surface area contributed by atoms with Gasteiger partial charge in [0.1, 0.15) is 17.6 Å². The molecule has 8 nitrogen and oxygen atoms in total. The maximum absolute atomic E-state index is 13.0. The number of nitrogens with two attached hydrogens (primary N) is 1. The van der Waals surface area contributed by atoms with Crippen molar-refractivity contribution in [2.45, 2.75) is 71.6 Å². The molecule has 0 bridgehead atoms. The number of nitrogens with zero attached hydrogens (tertiary/aromatic N) is 3. The molecule has 0 unspecified atom stereocenters. The van der Waals surface area contributed by atoms with E-state index in [2.05, 4.69) is 36.7 Å². The lowest BCUT2D eigenvalue weighted by Crippen LogP contribution is -2.37. The molecule has 202 valence electrons. The van der Waals surface area contributed by atoms with Crippen LogP contribution in [0.3, 0.4) is 0 Å². The summed E-state index contributed by atoms with van der Waals surface area (Å²) in [7, 11) is 0. The molecular weight excluding hydrogens is 478 g/mol. The summed E-state index contributed by atoms with van der Waals surface area (Å²) in [5.74, 6) is 1.15. The molecular formula is C30H39N5O3. The van der Waals surface area contributed by atoms with E-state index in [0.29, 0.717) is 42.8 Å². The monoisotopic (exact) mass is 517 g/mol. The fourth-order valence-electron chi connectivity index (χ4n) is 4.32. The fraction of sp³-hybridized carbons (Fsp3) is 0.433. The number of carbonyl (C=O) groups excluding carboxylic acids is 1. The lowest BCUT2D eigenvalue weighted by Gasteiger charge is -2.19. The molecule has 3 aromatic rings. The van der Waals surface area contributed by atoms with Crippen molar-refractivity contribution >= 4 is 5.91 Å². The molecule has 0 aliphatic heterocycles. The molecule has 2 aromatic carbocycles. The van der Waals surface area contributed by atoms with E-state index >= 15 is 0 Å². The number of rotatable bonds is 11. The highest BCUT2D eigenvalue weighted by Crippen LogP contribution is 2.27. The lowest BCUT2D eigenvalue weighted by atomic mass is 9.95. The van der Waals surface area contributed by atoms with E-state index in [1.807, 2.05) is 44.3 Å². The summed E-state index contributed by atoms with van der Waals surface area (Å²) in [6.07, 6.45) is 2.93. The van der Waals surface area contributed by atoms with E-state index in [9.17, 15) is 15.2 Å². The van der Waals surface area contributed by atoms with Gasteiger partial charge in [0, 0.05) is 48.5 Å². The Labute approximate surface area is 225 Å². The van der Waals surface area contributed by atoms with Crippen molar-refractivity contribution in [3.05, 3.63) is 71.2 Å². The molecule has 8 heteroatoms. The van der Waals surface area contributed by atoms with Crippen LogP contribution in [0.4, 0.5) is 0 Å². The third-order valence-corrected chi connectivity index (χ3v) is 6.09. The standard InChI is InChI=1S/C30H39N5O3/c1-20(2)38-27-11-10-23(17-24(27)18-32)28(37)33-25(12-15-36)16-21-6-8-22(9-7-21)26-19-35(14-13-31)29(34-26)30(3,4)5/h6-11,17,19-20,25,36H,12-16,31H2,1-5H3,(H,33,37)/t25-/m1/s1. The second-order valence-corrected chi connectivity index (χ2v) is 10.8. The number of imidazole rings is 1. The third kappa shape index (κ3) is 7.44. The van der Waals surface area contributed by atoms with E-state index in [-0.39, 0.29) is 30.1 Å². The third-order valence-electron chi connectivity index (χ3n) is 6.09. The van der Waals surface area contributed by atoms with Crippen LogP contribution in [0.15, 0.2) is 48.7 Å². The average molecular weight is 518 g/mol. The number of benzene rings is 2. The van der Waals surface area contributed by atoms with Crippen LogP contribution in [0.2, 0.25) is 0 Å². The first-order chi connectivity index (χ1) is 18.0. The summed E-state index contributed by atoms with van der Waals surface area (Å²) < 4.78 is 7.77. The van der Waals surface area contributed by atoms with Crippen molar-refractivity contribution in [3.63, 3.8) is 0 Å². The number of amides is 1. The van der Waals surface area contributed by atoms with Gasteiger partial charge in [0.05, 0.1) is 17.4 Å². The number of aliphatic hydroxyl groups is 1. The molecule has 0 saturated heterocycles. The van der Waals surface area contributed by atoms with Gasteiger partial charge in [0.2, 0.25) is 0 Å². The van der Waals surface area contributed by atoms with Crippen LogP contribution in [-0.2, 0) is 18.4 Å². The zero-order valence-electron chi connectivity index (χ0n) is 23.0. The summed E-state index contributed by atoms with van der Waals surface area (Å²) in [5.41, 5.74) is 9.32. The summed E-state index contributed by atoms with van der Waals surface area (Å²) in [5, 5.41) is 22.1. The van der Waals surface area contributed by atoms with Crippen LogP contribution in [0.25, 0.3) is 11.3 Å². The number of hydrogen-bond acceptors (Lipinski definition) is 6. The maximum Gasteiger partial charge on any atom is 0.251 e. The van der Waals surface area contributed by atoms with Gasteiger partial charge in [-0.3, -0.25) is 4.79 Å². The zero-order valence-corrected chi connectivity index (χ0v) is 23.0. The first kappa shape index (κ1) is 28.9. The number of hydrogen-bond donors (Lipinski definition) is 3. The SMILES string of the molecule is CC(C)Oc1ccc(C(=O)N[C@H](CCO)Cc2ccc(-c3cn(CCN)c(C(C)(C)C)n3)cc2)cc1C#N. The molecule has 1 atom stereocenters. The summed E-state index contributed by atoms with van der Waals surface area (Å²) in [6, 6.07) is 14.8. The van der Waals surface area contributed by atoms with Crippen LogP contribution in [-0.4, -0.2) is 45.9 Å². The van der Waals surface area contributed by atoms with Gasteiger partial charge >= 0.3 is 0 Å². The van der Waals surface area contributed by atoms with Gasteiger partial charge in [-0.2, -0.15) is 5.26 Å². The van der Waals surface area contributed by atoms with Crippen molar-refractivity contribution in [3.8, 4) is 23.1 Å².